The smallest absolute Gasteiger partial charge is 0.0946 e. The van der Waals surface area contributed by atoms with Gasteiger partial charge in [0.25, 0.3) is 0 Å². The number of fused-ring (bicyclic) bond motifs is 1. The second-order valence-corrected chi connectivity index (χ2v) is 4.73. The Labute approximate surface area is 112 Å². The summed E-state index contributed by atoms with van der Waals surface area (Å²) in [6, 6.07) is 8.82. The normalized spacial score (nSPS) is 11.2. The van der Waals surface area contributed by atoms with Crippen LogP contribution in [0.5, 0.6) is 0 Å². The minimum absolute atomic E-state index is 0.913. The summed E-state index contributed by atoms with van der Waals surface area (Å²) in [5.74, 6) is 0. The lowest BCUT2D eigenvalue weighted by Crippen LogP contribution is -2.06. The van der Waals surface area contributed by atoms with Crippen molar-refractivity contribution in [1.29, 1.82) is 0 Å². The Bertz CT molecular complexity index is 652. The molecule has 0 atom stereocenters. The maximum atomic E-state index is 4.06. The molecule has 0 saturated carbocycles. The van der Waals surface area contributed by atoms with Gasteiger partial charge in [0, 0.05) is 43.7 Å². The number of benzene rings is 1. The van der Waals surface area contributed by atoms with Crippen molar-refractivity contribution >= 4 is 10.9 Å². The van der Waals surface area contributed by atoms with Crippen LogP contribution >= 0.6 is 0 Å². The molecule has 0 bridgehead atoms. The average molecular weight is 254 g/mol. The summed E-state index contributed by atoms with van der Waals surface area (Å²) in [6.45, 7) is 2.82. The minimum atomic E-state index is 0.913. The summed E-state index contributed by atoms with van der Waals surface area (Å²) in [6.07, 6.45) is 7.83. The van der Waals surface area contributed by atoms with Crippen molar-refractivity contribution in [2.75, 3.05) is 7.05 Å². The molecule has 98 valence electrons. The van der Waals surface area contributed by atoms with Crippen molar-refractivity contribution < 1.29 is 0 Å². The van der Waals surface area contributed by atoms with Gasteiger partial charge in [-0.05, 0) is 36.2 Å². The predicted octanol–water partition coefficient (Wildman–Crippen LogP) is 2.26. The number of imidazole rings is 1. The Hall–Kier alpha value is -2.07. The van der Waals surface area contributed by atoms with Crippen LogP contribution in [0, 0.1) is 0 Å². The maximum Gasteiger partial charge on any atom is 0.0946 e. The highest BCUT2D eigenvalue weighted by molar-refractivity contribution is 5.80. The molecule has 1 N–H and O–H groups in total. The van der Waals surface area contributed by atoms with Crippen molar-refractivity contribution in [2.24, 2.45) is 0 Å². The summed E-state index contributed by atoms with van der Waals surface area (Å²) in [4.78, 5) is 4.06. The number of aryl methyl sites for hydroxylation is 2. The molecule has 0 fully saturated rings. The van der Waals surface area contributed by atoms with E-state index < -0.39 is 0 Å². The van der Waals surface area contributed by atoms with Gasteiger partial charge in [0.2, 0.25) is 0 Å². The second kappa shape index (κ2) is 5.28. The van der Waals surface area contributed by atoms with Gasteiger partial charge in [-0.15, -0.1) is 0 Å². The fourth-order valence-electron chi connectivity index (χ4n) is 2.40. The number of aromatic nitrogens is 3. The van der Waals surface area contributed by atoms with Crippen molar-refractivity contribution in [3.05, 3.63) is 54.7 Å². The molecule has 2 heterocycles. The first-order chi connectivity index (χ1) is 9.36. The van der Waals surface area contributed by atoms with Gasteiger partial charge in [-0.1, -0.05) is 6.07 Å². The van der Waals surface area contributed by atoms with Crippen LogP contribution in [0.4, 0.5) is 0 Å². The molecular weight excluding hydrogens is 236 g/mol. The van der Waals surface area contributed by atoms with Crippen LogP contribution in [0.25, 0.3) is 10.9 Å². The van der Waals surface area contributed by atoms with Gasteiger partial charge in [-0.3, -0.25) is 0 Å². The van der Waals surface area contributed by atoms with E-state index in [9.17, 15) is 0 Å². The maximum absolute atomic E-state index is 4.06. The Morgan fingerprint density at radius 1 is 1.16 bits per heavy atom. The summed E-state index contributed by atoms with van der Waals surface area (Å²) in [5.41, 5.74) is 2.61. The third-order valence-corrected chi connectivity index (χ3v) is 3.37. The molecule has 0 spiro atoms. The molecule has 19 heavy (non-hydrogen) atoms. The molecule has 4 heteroatoms. The van der Waals surface area contributed by atoms with Gasteiger partial charge in [-0.25, -0.2) is 4.98 Å². The van der Waals surface area contributed by atoms with E-state index in [2.05, 4.69) is 49.9 Å². The first kappa shape index (κ1) is 12.0. The van der Waals surface area contributed by atoms with Gasteiger partial charge in [0.05, 0.1) is 6.33 Å². The fraction of sp³-hybridized carbons (Fsp3) is 0.267. The third kappa shape index (κ3) is 2.53. The SMILES string of the molecule is CNCc1ccc2c(ccn2CCn2ccnc2)c1. The van der Waals surface area contributed by atoms with E-state index in [-0.39, 0.29) is 0 Å². The summed E-state index contributed by atoms with van der Waals surface area (Å²) in [7, 11) is 1.97. The summed E-state index contributed by atoms with van der Waals surface area (Å²) >= 11 is 0. The summed E-state index contributed by atoms with van der Waals surface area (Å²) < 4.78 is 4.39. The molecule has 0 unspecified atom stereocenters. The molecule has 4 nitrogen and oxygen atoms in total. The predicted molar refractivity (Wildman–Crippen MR) is 76.9 cm³/mol. The van der Waals surface area contributed by atoms with Crippen molar-refractivity contribution in [1.82, 2.24) is 19.4 Å². The highest BCUT2D eigenvalue weighted by Gasteiger charge is 2.02. The highest BCUT2D eigenvalue weighted by atomic mass is 15.1. The molecular formula is C15H18N4. The molecule has 0 aliphatic carbocycles. The largest absolute Gasteiger partial charge is 0.346 e. The van der Waals surface area contributed by atoms with E-state index in [0.717, 1.165) is 19.6 Å². The molecule has 0 saturated heterocycles. The zero-order valence-corrected chi connectivity index (χ0v) is 11.1. The van der Waals surface area contributed by atoms with Gasteiger partial charge in [-0.2, -0.15) is 0 Å². The van der Waals surface area contributed by atoms with Crippen LogP contribution in [0.1, 0.15) is 5.56 Å². The highest BCUT2D eigenvalue weighted by Crippen LogP contribution is 2.18. The number of nitrogens with zero attached hydrogens (tertiary/aromatic N) is 3. The summed E-state index contributed by atoms with van der Waals surface area (Å²) in [5, 5.41) is 4.49. The van der Waals surface area contributed by atoms with Crippen LogP contribution in [-0.2, 0) is 19.6 Å². The molecule has 0 aliphatic rings. The van der Waals surface area contributed by atoms with Gasteiger partial charge >= 0.3 is 0 Å². The Balaban J connectivity index is 1.80. The average Bonchev–Trinajstić information content (AvgIpc) is 3.05. The second-order valence-electron chi connectivity index (χ2n) is 4.73. The molecule has 3 rings (SSSR count). The molecule has 0 radical (unpaired) electrons. The minimum Gasteiger partial charge on any atom is -0.346 e. The van der Waals surface area contributed by atoms with E-state index in [1.807, 2.05) is 25.8 Å². The van der Waals surface area contributed by atoms with E-state index in [4.69, 9.17) is 0 Å². The number of hydrogen-bond acceptors (Lipinski definition) is 2. The molecule has 1 aromatic carbocycles. The number of hydrogen-bond donors (Lipinski definition) is 1. The Kier molecular flexibility index (Phi) is 3.33. The van der Waals surface area contributed by atoms with Crippen molar-refractivity contribution in [2.45, 2.75) is 19.6 Å². The zero-order chi connectivity index (χ0) is 13.1. The van der Waals surface area contributed by atoms with E-state index in [1.54, 1.807) is 0 Å². The molecule has 2 aromatic heterocycles. The van der Waals surface area contributed by atoms with Crippen LogP contribution in [0.15, 0.2) is 49.2 Å². The lowest BCUT2D eigenvalue weighted by Gasteiger charge is -2.07. The van der Waals surface area contributed by atoms with Crippen LogP contribution in [0.2, 0.25) is 0 Å². The first-order valence-electron chi connectivity index (χ1n) is 6.55. The Morgan fingerprint density at radius 3 is 2.89 bits per heavy atom. The number of rotatable bonds is 5. The van der Waals surface area contributed by atoms with E-state index in [1.165, 1.54) is 16.5 Å². The van der Waals surface area contributed by atoms with Gasteiger partial charge < -0.3 is 14.5 Å². The molecule has 0 aliphatic heterocycles. The quantitative estimate of drug-likeness (QED) is 0.758. The third-order valence-electron chi connectivity index (χ3n) is 3.37. The molecule has 3 aromatic rings. The monoisotopic (exact) mass is 254 g/mol. The van der Waals surface area contributed by atoms with E-state index >= 15 is 0 Å². The zero-order valence-electron chi connectivity index (χ0n) is 11.1. The fourth-order valence-corrected chi connectivity index (χ4v) is 2.40. The molecule has 0 amide bonds. The number of nitrogens with one attached hydrogen (secondary N) is 1. The topological polar surface area (TPSA) is 34.8 Å². The van der Waals surface area contributed by atoms with Gasteiger partial charge in [0.15, 0.2) is 0 Å². The standard InChI is InChI=1S/C15H18N4/c1-16-11-13-2-3-15-14(10-13)4-6-19(15)9-8-18-7-5-17-12-18/h2-7,10,12,16H,8-9,11H2,1H3. The van der Waals surface area contributed by atoms with Crippen LogP contribution in [0.3, 0.4) is 0 Å². The van der Waals surface area contributed by atoms with Crippen molar-refractivity contribution in [3.63, 3.8) is 0 Å². The van der Waals surface area contributed by atoms with Gasteiger partial charge in [0.1, 0.15) is 0 Å². The lowest BCUT2D eigenvalue weighted by atomic mass is 10.1. The Morgan fingerprint density at radius 2 is 2.11 bits per heavy atom. The van der Waals surface area contributed by atoms with Crippen LogP contribution in [-0.4, -0.2) is 21.2 Å². The first-order valence-corrected chi connectivity index (χ1v) is 6.55. The van der Waals surface area contributed by atoms with E-state index in [0.29, 0.717) is 0 Å². The van der Waals surface area contributed by atoms with Crippen LogP contribution < -0.4 is 5.32 Å². The lowest BCUT2D eigenvalue weighted by molar-refractivity contribution is 0.592. The van der Waals surface area contributed by atoms with Crippen molar-refractivity contribution in [3.8, 4) is 0 Å².